The van der Waals surface area contributed by atoms with E-state index in [9.17, 15) is 0 Å². The van der Waals surface area contributed by atoms with E-state index in [1.807, 2.05) is 19.3 Å². The van der Waals surface area contributed by atoms with Crippen LogP contribution in [0.1, 0.15) is 24.8 Å². The zero-order valence-corrected chi connectivity index (χ0v) is 10.3. The summed E-state index contributed by atoms with van der Waals surface area (Å²) in [6, 6.07) is 1.91. The van der Waals surface area contributed by atoms with Crippen LogP contribution in [-0.4, -0.2) is 31.3 Å². The first-order valence-electron chi connectivity index (χ1n) is 6.22. The zero-order valence-electron chi connectivity index (χ0n) is 10.3. The molecule has 4 heteroatoms. The van der Waals surface area contributed by atoms with Crippen LogP contribution in [0.3, 0.4) is 0 Å². The Morgan fingerprint density at radius 2 is 2.47 bits per heavy atom. The summed E-state index contributed by atoms with van der Waals surface area (Å²) in [4.78, 5) is 4.11. The monoisotopic (exact) mass is 236 g/mol. The van der Waals surface area contributed by atoms with Gasteiger partial charge in [-0.25, -0.2) is 0 Å². The van der Waals surface area contributed by atoms with Crippen LogP contribution < -0.4 is 10.1 Å². The summed E-state index contributed by atoms with van der Waals surface area (Å²) >= 11 is 0. The number of nitrogens with zero attached hydrogens (tertiary/aromatic N) is 1. The molecule has 1 aromatic heterocycles. The van der Waals surface area contributed by atoms with Crippen molar-refractivity contribution in [2.75, 3.05) is 20.3 Å². The van der Waals surface area contributed by atoms with Gasteiger partial charge in [-0.3, -0.25) is 4.98 Å². The lowest BCUT2D eigenvalue weighted by Gasteiger charge is -2.23. The van der Waals surface area contributed by atoms with Crippen molar-refractivity contribution in [3.63, 3.8) is 0 Å². The molecule has 0 aliphatic carbocycles. The van der Waals surface area contributed by atoms with Crippen molar-refractivity contribution in [2.24, 2.45) is 0 Å². The Labute approximate surface area is 102 Å². The molecule has 2 heterocycles. The molecule has 1 aliphatic rings. The molecule has 2 rings (SSSR count). The lowest BCUT2D eigenvalue weighted by Crippen LogP contribution is -2.26. The molecule has 1 fully saturated rings. The van der Waals surface area contributed by atoms with E-state index in [1.54, 1.807) is 6.20 Å². The number of nitrogens with one attached hydrogen (secondary N) is 1. The average Bonchev–Trinajstić information content (AvgIpc) is 2.39. The summed E-state index contributed by atoms with van der Waals surface area (Å²) in [7, 11) is 1.92. The first kappa shape index (κ1) is 12.3. The van der Waals surface area contributed by atoms with Crippen molar-refractivity contribution in [1.82, 2.24) is 10.3 Å². The molecule has 1 unspecified atom stereocenters. The van der Waals surface area contributed by atoms with E-state index in [0.717, 1.165) is 30.9 Å². The number of ether oxygens (including phenoxy) is 2. The van der Waals surface area contributed by atoms with Gasteiger partial charge in [-0.05, 0) is 32.4 Å². The fraction of sp³-hybridized carbons (Fsp3) is 0.615. The highest BCUT2D eigenvalue weighted by molar-refractivity contribution is 5.29. The predicted molar refractivity (Wildman–Crippen MR) is 66.1 cm³/mol. The number of aromatic nitrogens is 1. The number of rotatable bonds is 5. The summed E-state index contributed by atoms with van der Waals surface area (Å²) in [5.74, 6) is 0.906. The molecule has 0 radical (unpaired) electrons. The van der Waals surface area contributed by atoms with Crippen molar-refractivity contribution in [3.8, 4) is 5.75 Å². The molecule has 0 aromatic carbocycles. The lowest BCUT2D eigenvalue weighted by atomic mass is 10.1. The molecular weight excluding hydrogens is 216 g/mol. The van der Waals surface area contributed by atoms with Crippen molar-refractivity contribution in [2.45, 2.75) is 31.9 Å². The predicted octanol–water partition coefficient (Wildman–Crippen LogP) is 1.75. The van der Waals surface area contributed by atoms with Gasteiger partial charge in [0.1, 0.15) is 12.4 Å². The molecule has 1 saturated heterocycles. The van der Waals surface area contributed by atoms with Crippen molar-refractivity contribution >= 4 is 0 Å². The Morgan fingerprint density at radius 3 is 3.24 bits per heavy atom. The van der Waals surface area contributed by atoms with Crippen LogP contribution in [0.25, 0.3) is 0 Å². The van der Waals surface area contributed by atoms with Gasteiger partial charge in [0.15, 0.2) is 0 Å². The van der Waals surface area contributed by atoms with Crippen LogP contribution in [0.4, 0.5) is 0 Å². The highest BCUT2D eigenvalue weighted by atomic mass is 16.5. The average molecular weight is 236 g/mol. The molecule has 1 aliphatic heterocycles. The molecule has 1 atom stereocenters. The summed E-state index contributed by atoms with van der Waals surface area (Å²) in [5.41, 5.74) is 1.09. The molecule has 0 spiro atoms. The van der Waals surface area contributed by atoms with Crippen molar-refractivity contribution < 1.29 is 9.47 Å². The Kier molecular flexibility index (Phi) is 4.76. The van der Waals surface area contributed by atoms with Crippen LogP contribution in [0.2, 0.25) is 0 Å². The maximum Gasteiger partial charge on any atom is 0.127 e. The third kappa shape index (κ3) is 3.68. The van der Waals surface area contributed by atoms with Gasteiger partial charge in [0.25, 0.3) is 0 Å². The van der Waals surface area contributed by atoms with Crippen LogP contribution in [0.15, 0.2) is 18.5 Å². The highest BCUT2D eigenvalue weighted by Crippen LogP contribution is 2.19. The summed E-state index contributed by atoms with van der Waals surface area (Å²) < 4.78 is 11.5. The fourth-order valence-corrected chi connectivity index (χ4v) is 2.00. The maximum absolute atomic E-state index is 5.82. The van der Waals surface area contributed by atoms with Crippen LogP contribution >= 0.6 is 0 Å². The van der Waals surface area contributed by atoms with Crippen LogP contribution in [0.5, 0.6) is 5.75 Å². The Bertz CT molecular complexity index is 338. The number of hydrogen-bond acceptors (Lipinski definition) is 4. The minimum Gasteiger partial charge on any atom is -0.490 e. The van der Waals surface area contributed by atoms with Gasteiger partial charge in [0.05, 0.1) is 6.10 Å². The van der Waals surface area contributed by atoms with E-state index < -0.39 is 0 Å². The molecular formula is C13H20N2O2. The standard InChI is InChI=1S/C13H20N2O2/c1-14-8-11-9-15-6-5-13(11)17-10-12-4-2-3-7-16-12/h5-6,9,12,14H,2-4,7-8,10H2,1H3. The van der Waals surface area contributed by atoms with E-state index in [0.29, 0.717) is 6.61 Å². The largest absolute Gasteiger partial charge is 0.490 e. The molecule has 17 heavy (non-hydrogen) atoms. The van der Waals surface area contributed by atoms with Crippen LogP contribution in [0, 0.1) is 0 Å². The van der Waals surface area contributed by atoms with Gasteiger partial charge in [-0.1, -0.05) is 0 Å². The minimum absolute atomic E-state index is 0.249. The van der Waals surface area contributed by atoms with E-state index in [-0.39, 0.29) is 6.10 Å². The highest BCUT2D eigenvalue weighted by Gasteiger charge is 2.15. The smallest absolute Gasteiger partial charge is 0.127 e. The second-order valence-corrected chi connectivity index (χ2v) is 4.31. The third-order valence-electron chi connectivity index (χ3n) is 2.92. The topological polar surface area (TPSA) is 43.4 Å². The lowest BCUT2D eigenvalue weighted by molar-refractivity contribution is -0.0112. The van der Waals surface area contributed by atoms with E-state index in [4.69, 9.17) is 9.47 Å². The Hall–Kier alpha value is -1.13. The first-order chi connectivity index (χ1) is 8.40. The van der Waals surface area contributed by atoms with Crippen molar-refractivity contribution in [1.29, 1.82) is 0 Å². The molecule has 0 amide bonds. The van der Waals surface area contributed by atoms with Gasteiger partial charge in [-0.15, -0.1) is 0 Å². The third-order valence-corrected chi connectivity index (χ3v) is 2.92. The van der Waals surface area contributed by atoms with Gasteiger partial charge in [0, 0.05) is 31.1 Å². The first-order valence-corrected chi connectivity index (χ1v) is 6.22. The number of hydrogen-bond donors (Lipinski definition) is 1. The van der Waals surface area contributed by atoms with Gasteiger partial charge in [-0.2, -0.15) is 0 Å². The molecule has 0 bridgehead atoms. The maximum atomic E-state index is 5.82. The van der Waals surface area contributed by atoms with Crippen molar-refractivity contribution in [3.05, 3.63) is 24.0 Å². The molecule has 1 N–H and O–H groups in total. The fourth-order valence-electron chi connectivity index (χ4n) is 2.00. The minimum atomic E-state index is 0.249. The molecule has 94 valence electrons. The molecule has 4 nitrogen and oxygen atoms in total. The SMILES string of the molecule is CNCc1cnccc1OCC1CCCCO1. The zero-order chi connectivity index (χ0) is 11.9. The molecule has 1 aromatic rings. The van der Waals surface area contributed by atoms with Gasteiger partial charge >= 0.3 is 0 Å². The van der Waals surface area contributed by atoms with E-state index >= 15 is 0 Å². The second kappa shape index (κ2) is 6.57. The van der Waals surface area contributed by atoms with E-state index in [2.05, 4.69) is 10.3 Å². The Balaban J connectivity index is 1.88. The quantitative estimate of drug-likeness (QED) is 0.846. The normalized spacial score (nSPS) is 20.2. The van der Waals surface area contributed by atoms with Crippen LogP contribution in [-0.2, 0) is 11.3 Å². The van der Waals surface area contributed by atoms with Gasteiger partial charge < -0.3 is 14.8 Å². The second-order valence-electron chi connectivity index (χ2n) is 4.31. The number of pyridine rings is 1. The van der Waals surface area contributed by atoms with E-state index in [1.165, 1.54) is 12.8 Å². The molecule has 0 saturated carbocycles. The summed E-state index contributed by atoms with van der Waals surface area (Å²) in [5, 5.41) is 3.11. The van der Waals surface area contributed by atoms with Gasteiger partial charge in [0.2, 0.25) is 0 Å². The summed E-state index contributed by atoms with van der Waals surface area (Å²) in [6.45, 7) is 2.28. The Morgan fingerprint density at radius 1 is 1.53 bits per heavy atom. The summed E-state index contributed by atoms with van der Waals surface area (Å²) in [6.07, 6.45) is 7.38.